The predicted molar refractivity (Wildman–Crippen MR) is 123 cm³/mol. The summed E-state index contributed by atoms with van der Waals surface area (Å²) in [5.41, 5.74) is 0.706. The van der Waals surface area contributed by atoms with Crippen molar-refractivity contribution in [2.75, 3.05) is 45.1 Å². The van der Waals surface area contributed by atoms with Crippen LogP contribution in [0.3, 0.4) is 0 Å². The SMILES string of the molecule is CN1CCN(C[C@H]2CC[C@H](C(=O)Nc3cc4cc(-c5cnco5)ncc4cn3)CC2)CC1. The second kappa shape index (κ2) is 9.34. The maximum absolute atomic E-state index is 12.9. The molecule has 0 atom stereocenters. The number of carbonyl (C=O) groups excluding carboxylic acids is 1. The molecule has 0 radical (unpaired) electrons. The summed E-state index contributed by atoms with van der Waals surface area (Å²) in [6.07, 6.45) is 10.7. The van der Waals surface area contributed by atoms with Crippen LogP contribution in [0.2, 0.25) is 0 Å². The highest BCUT2D eigenvalue weighted by Crippen LogP contribution is 2.31. The van der Waals surface area contributed by atoms with Gasteiger partial charge in [-0.05, 0) is 56.2 Å². The minimum absolute atomic E-state index is 0.0680. The lowest BCUT2D eigenvalue weighted by molar-refractivity contribution is -0.121. The molecule has 2 fully saturated rings. The van der Waals surface area contributed by atoms with Crippen LogP contribution in [0.25, 0.3) is 22.2 Å². The Hall–Kier alpha value is -2.84. The smallest absolute Gasteiger partial charge is 0.228 e. The quantitative estimate of drug-likeness (QED) is 0.659. The first kappa shape index (κ1) is 21.0. The number of oxazole rings is 1. The van der Waals surface area contributed by atoms with E-state index in [1.807, 2.05) is 12.1 Å². The van der Waals surface area contributed by atoms with Crippen LogP contribution in [0, 0.1) is 11.8 Å². The van der Waals surface area contributed by atoms with Gasteiger partial charge in [0.05, 0.1) is 6.20 Å². The largest absolute Gasteiger partial charge is 0.442 e. The van der Waals surface area contributed by atoms with Gasteiger partial charge in [0.15, 0.2) is 12.2 Å². The highest BCUT2D eigenvalue weighted by atomic mass is 16.3. The molecule has 8 heteroatoms. The van der Waals surface area contributed by atoms with Crippen molar-refractivity contribution in [1.29, 1.82) is 0 Å². The third-order valence-corrected chi connectivity index (χ3v) is 6.87. The topological polar surface area (TPSA) is 87.4 Å². The molecule has 4 heterocycles. The van der Waals surface area contributed by atoms with Crippen LogP contribution in [0.1, 0.15) is 25.7 Å². The number of nitrogens with one attached hydrogen (secondary N) is 1. The number of carbonyl (C=O) groups is 1. The van der Waals surface area contributed by atoms with Crippen molar-refractivity contribution in [2.45, 2.75) is 25.7 Å². The first-order chi connectivity index (χ1) is 15.6. The number of hydrogen-bond donors (Lipinski definition) is 1. The maximum atomic E-state index is 12.9. The summed E-state index contributed by atoms with van der Waals surface area (Å²) < 4.78 is 5.34. The van der Waals surface area contributed by atoms with Gasteiger partial charge in [-0.2, -0.15) is 0 Å². The molecule has 32 heavy (non-hydrogen) atoms. The number of amides is 1. The van der Waals surface area contributed by atoms with Crippen LogP contribution in [0.4, 0.5) is 5.82 Å². The van der Waals surface area contributed by atoms with Gasteiger partial charge in [0.1, 0.15) is 11.5 Å². The molecule has 5 rings (SSSR count). The zero-order chi connectivity index (χ0) is 21.9. The van der Waals surface area contributed by atoms with Crippen molar-refractivity contribution in [3.05, 3.63) is 37.1 Å². The lowest BCUT2D eigenvalue weighted by Gasteiger charge is -2.36. The maximum Gasteiger partial charge on any atom is 0.228 e. The number of rotatable bonds is 5. The Balaban J connectivity index is 1.17. The standard InChI is InChI=1S/C24H30N6O2/c1-29-6-8-30(9-7-29)15-17-2-4-18(5-3-17)24(31)28-23-11-19-10-21(22-14-25-16-32-22)26-12-20(19)13-27-23/h10-14,16-18H,2-9,15H2,1H3,(H,27,28,31)/t17-,18-. The predicted octanol–water partition coefficient (Wildman–Crippen LogP) is 3.28. The Bertz CT molecular complexity index is 1050. The first-order valence-electron chi connectivity index (χ1n) is 11.5. The van der Waals surface area contributed by atoms with Gasteiger partial charge in [0.2, 0.25) is 5.91 Å². The Morgan fingerprint density at radius 1 is 1.03 bits per heavy atom. The Morgan fingerprint density at radius 3 is 2.56 bits per heavy atom. The molecule has 0 spiro atoms. The van der Waals surface area contributed by atoms with Gasteiger partial charge >= 0.3 is 0 Å². The van der Waals surface area contributed by atoms with Crippen LogP contribution in [-0.4, -0.2) is 70.4 Å². The molecule has 3 aromatic heterocycles. The van der Waals surface area contributed by atoms with Crippen LogP contribution >= 0.6 is 0 Å². The van der Waals surface area contributed by atoms with Gasteiger partial charge in [-0.25, -0.2) is 9.97 Å². The van der Waals surface area contributed by atoms with Gasteiger partial charge in [-0.3, -0.25) is 9.78 Å². The average molecular weight is 435 g/mol. The first-order valence-corrected chi connectivity index (χ1v) is 11.5. The lowest BCUT2D eigenvalue weighted by atomic mass is 9.81. The highest BCUT2D eigenvalue weighted by molar-refractivity contribution is 5.94. The average Bonchev–Trinajstić information content (AvgIpc) is 3.36. The summed E-state index contributed by atoms with van der Waals surface area (Å²) in [4.78, 5) is 30.6. The molecule has 1 saturated carbocycles. The summed E-state index contributed by atoms with van der Waals surface area (Å²) >= 11 is 0. The molecule has 1 saturated heterocycles. The molecule has 2 aliphatic rings. The number of fused-ring (bicyclic) bond motifs is 1. The number of pyridine rings is 2. The van der Waals surface area contributed by atoms with E-state index < -0.39 is 0 Å². The van der Waals surface area contributed by atoms with Crippen molar-refractivity contribution >= 4 is 22.5 Å². The van der Waals surface area contributed by atoms with E-state index in [0.717, 1.165) is 62.6 Å². The van der Waals surface area contributed by atoms with Gasteiger partial charge in [-0.15, -0.1) is 0 Å². The fourth-order valence-corrected chi connectivity index (χ4v) is 4.81. The van der Waals surface area contributed by atoms with E-state index in [2.05, 4.69) is 37.1 Å². The molecule has 8 nitrogen and oxygen atoms in total. The summed E-state index contributed by atoms with van der Waals surface area (Å²) in [5.74, 6) is 2.06. The number of piperazine rings is 1. The molecule has 1 amide bonds. The number of likely N-dealkylation sites (N-methyl/N-ethyl adjacent to an activating group) is 1. The molecular formula is C24H30N6O2. The molecule has 0 bridgehead atoms. The van der Waals surface area contributed by atoms with E-state index in [1.54, 1.807) is 18.6 Å². The fraction of sp³-hybridized carbons (Fsp3) is 0.500. The van der Waals surface area contributed by atoms with E-state index in [-0.39, 0.29) is 11.8 Å². The number of anilines is 1. The van der Waals surface area contributed by atoms with Gasteiger partial charge in [0, 0.05) is 56.4 Å². The molecule has 3 aromatic rings. The normalized spacial score (nSPS) is 22.8. The van der Waals surface area contributed by atoms with Crippen molar-refractivity contribution in [2.24, 2.45) is 11.8 Å². The molecule has 0 unspecified atom stereocenters. The minimum Gasteiger partial charge on any atom is -0.442 e. The molecular weight excluding hydrogens is 404 g/mol. The Kier molecular flexibility index (Phi) is 6.14. The Morgan fingerprint density at radius 2 is 1.81 bits per heavy atom. The van der Waals surface area contributed by atoms with Crippen molar-refractivity contribution in [1.82, 2.24) is 24.8 Å². The summed E-state index contributed by atoms with van der Waals surface area (Å²) in [6.45, 7) is 5.82. The molecule has 1 N–H and O–H groups in total. The van der Waals surface area contributed by atoms with Crippen LogP contribution in [0.15, 0.2) is 41.5 Å². The van der Waals surface area contributed by atoms with Crippen LogP contribution in [0.5, 0.6) is 0 Å². The zero-order valence-electron chi connectivity index (χ0n) is 18.5. The van der Waals surface area contributed by atoms with E-state index in [1.165, 1.54) is 12.9 Å². The molecule has 1 aliphatic heterocycles. The number of aromatic nitrogens is 3. The highest BCUT2D eigenvalue weighted by Gasteiger charge is 2.28. The Labute approximate surface area is 188 Å². The molecule has 0 aromatic carbocycles. The zero-order valence-corrected chi connectivity index (χ0v) is 18.5. The second-order valence-corrected chi connectivity index (χ2v) is 9.16. The third kappa shape index (κ3) is 4.81. The fourth-order valence-electron chi connectivity index (χ4n) is 4.81. The van der Waals surface area contributed by atoms with Crippen LogP contribution in [-0.2, 0) is 4.79 Å². The van der Waals surface area contributed by atoms with Crippen molar-refractivity contribution < 1.29 is 9.21 Å². The number of nitrogens with zero attached hydrogens (tertiary/aromatic N) is 5. The minimum atomic E-state index is 0.0680. The summed E-state index contributed by atoms with van der Waals surface area (Å²) in [5, 5.41) is 4.90. The van der Waals surface area contributed by atoms with Crippen molar-refractivity contribution in [3.8, 4) is 11.5 Å². The van der Waals surface area contributed by atoms with E-state index in [0.29, 0.717) is 23.2 Å². The molecule has 1 aliphatic carbocycles. The molecule has 168 valence electrons. The lowest BCUT2D eigenvalue weighted by Crippen LogP contribution is -2.46. The van der Waals surface area contributed by atoms with E-state index in [4.69, 9.17) is 4.42 Å². The van der Waals surface area contributed by atoms with E-state index >= 15 is 0 Å². The summed E-state index contributed by atoms with van der Waals surface area (Å²) in [6, 6.07) is 3.82. The van der Waals surface area contributed by atoms with Gasteiger partial charge in [-0.1, -0.05) is 0 Å². The van der Waals surface area contributed by atoms with E-state index in [9.17, 15) is 4.79 Å². The monoisotopic (exact) mass is 434 g/mol. The summed E-state index contributed by atoms with van der Waals surface area (Å²) in [7, 11) is 2.19. The van der Waals surface area contributed by atoms with Crippen LogP contribution < -0.4 is 5.32 Å². The van der Waals surface area contributed by atoms with Gasteiger partial charge in [0.25, 0.3) is 0 Å². The number of hydrogen-bond acceptors (Lipinski definition) is 7. The van der Waals surface area contributed by atoms with Gasteiger partial charge < -0.3 is 19.5 Å². The van der Waals surface area contributed by atoms with Crippen molar-refractivity contribution in [3.63, 3.8) is 0 Å². The second-order valence-electron chi connectivity index (χ2n) is 9.16. The third-order valence-electron chi connectivity index (χ3n) is 6.87.